The number of β-amino-alcohol motifs (C(OH)–C–C–N with tert-alkyl or cyclic N) is 1. The summed E-state index contributed by atoms with van der Waals surface area (Å²) in [5, 5.41) is 21.8. The number of aliphatic hydroxyl groups is 2. The van der Waals surface area contributed by atoms with Crippen LogP contribution in [-0.2, 0) is 13.1 Å². The molecule has 0 unspecified atom stereocenters. The Labute approximate surface area is 213 Å². The zero-order valence-electron chi connectivity index (χ0n) is 21.6. The van der Waals surface area contributed by atoms with Crippen molar-refractivity contribution in [3.05, 3.63) is 71.3 Å². The molecular weight excluding hydrogens is 458 g/mol. The van der Waals surface area contributed by atoms with Gasteiger partial charge >= 0.3 is 0 Å². The summed E-state index contributed by atoms with van der Waals surface area (Å²) in [6.45, 7) is 8.82. The van der Waals surface area contributed by atoms with Crippen LogP contribution in [-0.4, -0.2) is 69.8 Å². The number of likely N-dealkylation sites (tertiary alicyclic amines) is 1. The van der Waals surface area contributed by atoms with Gasteiger partial charge < -0.3 is 29.0 Å². The average Bonchev–Trinajstić information content (AvgIpc) is 3.25. The molecule has 1 aliphatic heterocycles. The third-order valence-electron chi connectivity index (χ3n) is 6.67. The normalized spacial score (nSPS) is 20.3. The van der Waals surface area contributed by atoms with Crippen molar-refractivity contribution in [3.8, 4) is 17.2 Å². The quantitative estimate of drug-likeness (QED) is 0.446. The van der Waals surface area contributed by atoms with E-state index in [-0.39, 0.29) is 6.61 Å². The van der Waals surface area contributed by atoms with Gasteiger partial charge in [0.25, 0.3) is 0 Å². The molecule has 2 heterocycles. The van der Waals surface area contributed by atoms with Crippen molar-refractivity contribution in [2.24, 2.45) is 0 Å². The van der Waals surface area contributed by atoms with E-state index in [1.54, 1.807) is 13.3 Å². The lowest BCUT2D eigenvalue weighted by atomic mass is 9.90. The Kier molecular flexibility index (Phi) is 8.18. The van der Waals surface area contributed by atoms with Crippen LogP contribution in [0.1, 0.15) is 28.9 Å². The number of methoxy groups -OCH3 is 1. The molecule has 194 valence electrons. The third-order valence-corrected chi connectivity index (χ3v) is 6.67. The van der Waals surface area contributed by atoms with E-state index in [4.69, 9.17) is 14.2 Å². The fourth-order valence-electron chi connectivity index (χ4n) is 4.73. The van der Waals surface area contributed by atoms with Crippen molar-refractivity contribution in [3.63, 3.8) is 0 Å². The van der Waals surface area contributed by atoms with Crippen LogP contribution in [0.5, 0.6) is 17.2 Å². The van der Waals surface area contributed by atoms with Gasteiger partial charge in [0.15, 0.2) is 11.5 Å². The van der Waals surface area contributed by atoms with Gasteiger partial charge in [-0.15, -0.1) is 0 Å². The lowest BCUT2D eigenvalue weighted by molar-refractivity contribution is -0.140. The van der Waals surface area contributed by atoms with E-state index in [0.29, 0.717) is 56.5 Å². The number of nitrogens with zero attached hydrogens (tertiary/aromatic N) is 3. The third kappa shape index (κ3) is 6.37. The maximum atomic E-state index is 11.3. The smallest absolute Gasteiger partial charge is 0.161 e. The van der Waals surface area contributed by atoms with E-state index in [1.165, 1.54) is 0 Å². The predicted octanol–water partition coefficient (Wildman–Crippen LogP) is 3.27. The van der Waals surface area contributed by atoms with Gasteiger partial charge in [0.05, 0.1) is 19.8 Å². The molecule has 0 saturated carbocycles. The van der Waals surface area contributed by atoms with Crippen LogP contribution >= 0.6 is 0 Å². The Morgan fingerprint density at radius 2 is 1.83 bits per heavy atom. The van der Waals surface area contributed by atoms with Crippen molar-refractivity contribution in [2.75, 3.05) is 33.4 Å². The molecule has 1 aromatic heterocycles. The molecule has 2 N–H and O–H groups in total. The number of imidazole rings is 1. The number of aryl methyl sites for hydroxylation is 3. The summed E-state index contributed by atoms with van der Waals surface area (Å²) < 4.78 is 19.5. The standard InChI is InChI=1S/C28H37N3O5/c1-20-13-21(2)15-24(14-20)36-19-28(33)18-30(9-7-27(28)32)17-23-5-6-25(26(16-23)34-4)35-12-11-31-10-8-29-22(31)3/h5-6,8,10,13-16,27,32-33H,7,9,11-12,17-19H2,1-4H3/t27-,28-/m0/s1. The van der Waals surface area contributed by atoms with Gasteiger partial charge in [0, 0.05) is 32.0 Å². The van der Waals surface area contributed by atoms with Crippen LogP contribution in [0.25, 0.3) is 0 Å². The van der Waals surface area contributed by atoms with Gasteiger partial charge in [-0.2, -0.15) is 0 Å². The van der Waals surface area contributed by atoms with Gasteiger partial charge in [-0.25, -0.2) is 4.98 Å². The summed E-state index contributed by atoms with van der Waals surface area (Å²) in [5.74, 6) is 3.01. The molecule has 2 atom stereocenters. The first-order valence-electron chi connectivity index (χ1n) is 12.4. The summed E-state index contributed by atoms with van der Waals surface area (Å²) in [7, 11) is 1.63. The number of rotatable bonds is 10. The first kappa shape index (κ1) is 26.0. The zero-order valence-corrected chi connectivity index (χ0v) is 21.6. The topological polar surface area (TPSA) is 89.2 Å². The molecule has 1 fully saturated rings. The van der Waals surface area contributed by atoms with E-state index < -0.39 is 11.7 Å². The monoisotopic (exact) mass is 495 g/mol. The second kappa shape index (κ2) is 11.3. The van der Waals surface area contributed by atoms with Crippen molar-refractivity contribution in [2.45, 2.75) is 52.0 Å². The lowest BCUT2D eigenvalue weighted by Gasteiger charge is -2.42. The summed E-state index contributed by atoms with van der Waals surface area (Å²) in [6, 6.07) is 11.9. The summed E-state index contributed by atoms with van der Waals surface area (Å²) in [5.41, 5.74) is 1.88. The van der Waals surface area contributed by atoms with Crippen LogP contribution in [0.3, 0.4) is 0 Å². The first-order valence-corrected chi connectivity index (χ1v) is 12.4. The molecule has 0 bridgehead atoms. The van der Waals surface area contributed by atoms with Crippen molar-refractivity contribution in [1.29, 1.82) is 0 Å². The molecule has 4 rings (SSSR count). The minimum atomic E-state index is -1.35. The molecular formula is C28H37N3O5. The molecule has 0 amide bonds. The van der Waals surface area contributed by atoms with Gasteiger partial charge in [0.1, 0.15) is 30.4 Å². The molecule has 36 heavy (non-hydrogen) atoms. The van der Waals surface area contributed by atoms with Crippen molar-refractivity contribution >= 4 is 0 Å². The van der Waals surface area contributed by atoms with Crippen LogP contribution in [0.2, 0.25) is 0 Å². The highest BCUT2D eigenvalue weighted by Gasteiger charge is 2.42. The van der Waals surface area contributed by atoms with Crippen molar-refractivity contribution < 1.29 is 24.4 Å². The maximum absolute atomic E-state index is 11.3. The van der Waals surface area contributed by atoms with Crippen molar-refractivity contribution in [1.82, 2.24) is 14.5 Å². The predicted molar refractivity (Wildman–Crippen MR) is 138 cm³/mol. The number of aliphatic hydroxyl groups excluding tert-OH is 1. The highest BCUT2D eigenvalue weighted by atomic mass is 16.5. The maximum Gasteiger partial charge on any atom is 0.161 e. The number of piperidine rings is 1. The Hall–Kier alpha value is -3.07. The lowest BCUT2D eigenvalue weighted by Crippen LogP contribution is -2.59. The first-order chi connectivity index (χ1) is 17.3. The zero-order chi connectivity index (χ0) is 25.7. The Bertz CT molecular complexity index is 1140. The molecule has 2 aromatic carbocycles. The second-order valence-corrected chi connectivity index (χ2v) is 9.73. The van der Waals surface area contributed by atoms with Crippen LogP contribution in [0, 0.1) is 20.8 Å². The van der Waals surface area contributed by atoms with E-state index in [2.05, 4.69) is 16.0 Å². The molecule has 1 aliphatic rings. The minimum Gasteiger partial charge on any atom is -0.493 e. The molecule has 8 nitrogen and oxygen atoms in total. The van der Waals surface area contributed by atoms with E-state index in [9.17, 15) is 10.2 Å². The van der Waals surface area contributed by atoms with Crippen LogP contribution in [0.4, 0.5) is 0 Å². The molecule has 1 saturated heterocycles. The SMILES string of the molecule is COc1cc(CN2CC[C@H](O)[C@@](O)(COc3cc(C)cc(C)c3)C2)ccc1OCCn1ccnc1C. The summed E-state index contributed by atoms with van der Waals surface area (Å²) >= 11 is 0. The Morgan fingerprint density at radius 1 is 1.06 bits per heavy atom. The number of benzene rings is 2. The Morgan fingerprint density at radius 3 is 2.53 bits per heavy atom. The molecule has 0 aliphatic carbocycles. The number of hydrogen-bond donors (Lipinski definition) is 2. The molecule has 0 spiro atoms. The average molecular weight is 496 g/mol. The highest BCUT2D eigenvalue weighted by Crippen LogP contribution is 2.30. The number of hydrogen-bond acceptors (Lipinski definition) is 7. The highest BCUT2D eigenvalue weighted by molar-refractivity contribution is 5.43. The summed E-state index contributed by atoms with van der Waals surface area (Å²) in [4.78, 5) is 6.36. The van der Waals surface area contributed by atoms with Gasteiger partial charge in [-0.05, 0) is 68.1 Å². The second-order valence-electron chi connectivity index (χ2n) is 9.73. The van der Waals surface area contributed by atoms with Gasteiger partial charge in [0.2, 0.25) is 0 Å². The summed E-state index contributed by atoms with van der Waals surface area (Å²) in [6.07, 6.45) is 3.34. The van der Waals surface area contributed by atoms with E-state index >= 15 is 0 Å². The van der Waals surface area contributed by atoms with Gasteiger partial charge in [-0.3, -0.25) is 4.90 Å². The fourth-order valence-corrected chi connectivity index (χ4v) is 4.73. The van der Waals surface area contributed by atoms with Crippen LogP contribution in [0.15, 0.2) is 48.8 Å². The van der Waals surface area contributed by atoms with E-state index in [1.807, 2.05) is 61.9 Å². The Balaban J connectivity index is 1.36. The number of ether oxygens (including phenoxy) is 3. The van der Waals surface area contributed by atoms with Crippen LogP contribution < -0.4 is 14.2 Å². The molecule has 8 heteroatoms. The molecule has 3 aromatic rings. The minimum absolute atomic E-state index is 0.0278. The fraction of sp³-hybridized carbons (Fsp3) is 0.464. The largest absolute Gasteiger partial charge is 0.493 e. The molecule has 0 radical (unpaired) electrons. The number of aromatic nitrogens is 2. The van der Waals surface area contributed by atoms with E-state index in [0.717, 1.165) is 22.5 Å². The van der Waals surface area contributed by atoms with Gasteiger partial charge in [-0.1, -0.05) is 12.1 Å².